The molecule has 1 fully saturated rings. The van der Waals surface area contributed by atoms with E-state index in [0.717, 1.165) is 74.0 Å². The second-order valence-corrected chi connectivity index (χ2v) is 9.21. The molecule has 2 aliphatic rings. The largest absolute Gasteiger partial charge is 0.494 e. The van der Waals surface area contributed by atoms with Crippen LogP contribution in [0.25, 0.3) is 11.3 Å². The van der Waals surface area contributed by atoms with Crippen molar-refractivity contribution in [1.29, 1.82) is 0 Å². The van der Waals surface area contributed by atoms with Gasteiger partial charge in [0, 0.05) is 37.3 Å². The molecule has 0 spiro atoms. The lowest BCUT2D eigenvalue weighted by molar-refractivity contribution is 0.0316. The van der Waals surface area contributed by atoms with Gasteiger partial charge in [0.25, 0.3) is 5.91 Å². The minimum absolute atomic E-state index is 0.00725. The Morgan fingerprint density at radius 3 is 2.54 bits per heavy atom. The summed E-state index contributed by atoms with van der Waals surface area (Å²) in [7, 11) is 0. The summed E-state index contributed by atoms with van der Waals surface area (Å²) >= 11 is 0. The number of hydrogen-bond donors (Lipinski definition) is 1. The number of morpholine rings is 1. The Morgan fingerprint density at radius 1 is 1.03 bits per heavy atom. The Morgan fingerprint density at radius 2 is 1.80 bits per heavy atom. The van der Waals surface area contributed by atoms with Crippen molar-refractivity contribution in [2.75, 3.05) is 46.0 Å². The van der Waals surface area contributed by atoms with Crippen molar-refractivity contribution in [3.05, 3.63) is 71.4 Å². The molecule has 7 nitrogen and oxygen atoms in total. The molecular weight excluding hydrogens is 440 g/mol. The van der Waals surface area contributed by atoms with E-state index in [0.29, 0.717) is 12.2 Å². The first-order valence-corrected chi connectivity index (χ1v) is 12.7. The van der Waals surface area contributed by atoms with Gasteiger partial charge < -0.3 is 14.4 Å². The molecular formula is C28H34N4O3. The average molecular weight is 475 g/mol. The summed E-state index contributed by atoms with van der Waals surface area (Å²) in [5.74, 6) is 0.873. The van der Waals surface area contributed by atoms with Crippen molar-refractivity contribution in [2.24, 2.45) is 0 Å². The summed E-state index contributed by atoms with van der Waals surface area (Å²) in [6, 6.07) is 18.1. The minimum atomic E-state index is -0.193. The molecule has 35 heavy (non-hydrogen) atoms. The highest BCUT2D eigenvalue weighted by atomic mass is 16.5. The first kappa shape index (κ1) is 23.6. The van der Waals surface area contributed by atoms with Crippen molar-refractivity contribution < 1.29 is 14.3 Å². The van der Waals surface area contributed by atoms with E-state index in [1.54, 1.807) is 0 Å². The molecule has 2 aliphatic heterocycles. The average Bonchev–Trinajstić information content (AvgIpc) is 3.46. The first-order chi connectivity index (χ1) is 17.3. The van der Waals surface area contributed by atoms with E-state index in [2.05, 4.69) is 34.2 Å². The summed E-state index contributed by atoms with van der Waals surface area (Å²) in [5, 5.41) is 7.62. The molecule has 184 valence electrons. The molecule has 7 heteroatoms. The number of unbranched alkanes of at least 4 members (excludes halogenated alkanes) is 2. The minimum Gasteiger partial charge on any atom is -0.494 e. The van der Waals surface area contributed by atoms with Crippen LogP contribution in [-0.4, -0.2) is 71.9 Å². The summed E-state index contributed by atoms with van der Waals surface area (Å²) in [6.07, 6.45) is 3.41. The van der Waals surface area contributed by atoms with Crippen LogP contribution in [0.15, 0.2) is 54.6 Å². The Hall–Kier alpha value is -3.16. The van der Waals surface area contributed by atoms with Gasteiger partial charge in [0.1, 0.15) is 11.4 Å². The molecule has 3 aromatic rings. The maximum absolute atomic E-state index is 13.6. The number of rotatable bonds is 10. The zero-order valence-electron chi connectivity index (χ0n) is 20.4. The summed E-state index contributed by atoms with van der Waals surface area (Å²) in [5.41, 5.74) is 4.47. The van der Waals surface area contributed by atoms with Crippen molar-refractivity contribution in [2.45, 2.75) is 32.2 Å². The maximum atomic E-state index is 13.6. The van der Waals surface area contributed by atoms with Gasteiger partial charge in [-0.3, -0.25) is 14.8 Å². The van der Waals surface area contributed by atoms with Gasteiger partial charge >= 0.3 is 0 Å². The molecule has 1 aromatic heterocycles. The number of carbonyl (C=O) groups is 1. The highest BCUT2D eigenvalue weighted by molar-refractivity contribution is 6.00. The number of aromatic nitrogens is 2. The number of H-pyrrole nitrogens is 1. The number of fused-ring (bicyclic) bond motifs is 1. The number of benzene rings is 2. The van der Waals surface area contributed by atoms with Crippen LogP contribution < -0.4 is 4.74 Å². The topological polar surface area (TPSA) is 70.7 Å². The van der Waals surface area contributed by atoms with Gasteiger partial charge in [0.15, 0.2) is 0 Å². The zero-order chi connectivity index (χ0) is 24.0. The van der Waals surface area contributed by atoms with Gasteiger partial charge in [0.05, 0.1) is 31.6 Å². The molecule has 1 atom stereocenters. The zero-order valence-corrected chi connectivity index (χ0v) is 20.4. The first-order valence-electron chi connectivity index (χ1n) is 12.7. The second kappa shape index (κ2) is 11.1. The molecule has 1 unspecified atom stereocenters. The molecule has 3 heterocycles. The number of aromatic amines is 1. The Kier molecular flexibility index (Phi) is 7.45. The Bertz CT molecular complexity index is 1110. The fourth-order valence-electron chi connectivity index (χ4n) is 4.95. The number of amides is 1. The number of hydrogen-bond acceptors (Lipinski definition) is 5. The van der Waals surface area contributed by atoms with Crippen LogP contribution in [0.1, 0.15) is 53.8 Å². The van der Waals surface area contributed by atoms with E-state index in [1.807, 2.05) is 47.4 Å². The molecule has 0 saturated carbocycles. The van der Waals surface area contributed by atoms with E-state index in [-0.39, 0.29) is 11.9 Å². The quantitative estimate of drug-likeness (QED) is 0.438. The Balaban J connectivity index is 1.43. The van der Waals surface area contributed by atoms with E-state index in [1.165, 1.54) is 12.8 Å². The van der Waals surface area contributed by atoms with Gasteiger partial charge in [-0.2, -0.15) is 5.10 Å². The van der Waals surface area contributed by atoms with Crippen molar-refractivity contribution in [3.63, 3.8) is 0 Å². The van der Waals surface area contributed by atoms with Crippen LogP contribution >= 0.6 is 0 Å². The summed E-state index contributed by atoms with van der Waals surface area (Å²) < 4.78 is 11.4. The third-order valence-electron chi connectivity index (χ3n) is 6.88. The third kappa shape index (κ3) is 5.11. The molecule has 0 bridgehead atoms. The molecule has 0 aliphatic carbocycles. The van der Waals surface area contributed by atoms with Crippen molar-refractivity contribution in [1.82, 2.24) is 20.0 Å². The highest BCUT2D eigenvalue weighted by Gasteiger charge is 2.42. The Labute approximate surface area is 207 Å². The fraction of sp³-hybridized carbons (Fsp3) is 0.429. The molecule has 1 saturated heterocycles. The number of nitrogens with one attached hydrogen (secondary N) is 1. The number of carbonyl (C=O) groups excluding carboxylic acids is 1. The molecule has 1 amide bonds. The van der Waals surface area contributed by atoms with Gasteiger partial charge in [-0.1, -0.05) is 62.2 Å². The van der Waals surface area contributed by atoms with Crippen LogP contribution in [0.3, 0.4) is 0 Å². The van der Waals surface area contributed by atoms with Crippen LogP contribution in [0.2, 0.25) is 0 Å². The fourth-order valence-corrected chi connectivity index (χ4v) is 4.95. The lowest BCUT2D eigenvalue weighted by Crippen LogP contribution is -2.42. The van der Waals surface area contributed by atoms with Crippen molar-refractivity contribution in [3.8, 4) is 17.0 Å². The van der Waals surface area contributed by atoms with Gasteiger partial charge in [0.2, 0.25) is 0 Å². The predicted octanol–water partition coefficient (Wildman–Crippen LogP) is 4.52. The van der Waals surface area contributed by atoms with E-state index in [4.69, 9.17) is 9.47 Å². The molecule has 2 aromatic carbocycles. The SMILES string of the molecule is CCCCCOc1ccc(C2c3c(-c4ccccc4)n[nH]c3C(=O)N2CCN2CCOCC2)cc1. The number of ether oxygens (including phenoxy) is 2. The lowest BCUT2D eigenvalue weighted by atomic mass is 9.96. The van der Waals surface area contributed by atoms with Gasteiger partial charge in [-0.25, -0.2) is 0 Å². The van der Waals surface area contributed by atoms with E-state index < -0.39 is 0 Å². The van der Waals surface area contributed by atoms with Crippen LogP contribution in [0.5, 0.6) is 5.75 Å². The molecule has 5 rings (SSSR count). The van der Waals surface area contributed by atoms with Crippen molar-refractivity contribution >= 4 is 5.91 Å². The van der Waals surface area contributed by atoms with E-state index >= 15 is 0 Å². The normalized spacial score (nSPS) is 18.1. The smallest absolute Gasteiger partial charge is 0.273 e. The predicted molar refractivity (Wildman–Crippen MR) is 136 cm³/mol. The van der Waals surface area contributed by atoms with Crippen LogP contribution in [0, 0.1) is 0 Å². The van der Waals surface area contributed by atoms with Gasteiger partial charge in [-0.15, -0.1) is 0 Å². The van der Waals surface area contributed by atoms with E-state index in [9.17, 15) is 4.79 Å². The summed E-state index contributed by atoms with van der Waals surface area (Å²) in [6.45, 7) is 7.69. The standard InChI is InChI=1S/C28H34N4O3/c1-2-3-7-18-35-23-12-10-22(11-13-23)27-24-25(21-8-5-4-6-9-21)29-30-26(24)28(33)32(27)15-14-31-16-19-34-20-17-31/h4-6,8-13,27H,2-3,7,14-20H2,1H3,(H,29,30). The molecule has 1 N–H and O–H groups in total. The highest BCUT2D eigenvalue weighted by Crippen LogP contribution is 2.42. The molecule has 0 radical (unpaired) electrons. The number of nitrogens with zero attached hydrogens (tertiary/aromatic N) is 3. The maximum Gasteiger partial charge on any atom is 0.273 e. The van der Waals surface area contributed by atoms with Gasteiger partial charge in [-0.05, 0) is 24.1 Å². The summed E-state index contributed by atoms with van der Waals surface area (Å²) in [4.78, 5) is 17.9. The lowest BCUT2D eigenvalue weighted by Gasteiger charge is -2.31. The monoisotopic (exact) mass is 474 g/mol. The van der Waals surface area contributed by atoms with Crippen LogP contribution in [0.4, 0.5) is 0 Å². The second-order valence-electron chi connectivity index (χ2n) is 9.21. The van der Waals surface area contributed by atoms with Crippen LogP contribution in [-0.2, 0) is 4.74 Å². The third-order valence-corrected chi connectivity index (χ3v) is 6.88.